The summed E-state index contributed by atoms with van der Waals surface area (Å²) in [4.78, 5) is 11.6. The van der Waals surface area contributed by atoms with Gasteiger partial charge in [-0.25, -0.2) is 4.79 Å². The SMILES string of the molecule is CCOCCOC(=O)c1ccc(OCC)cc1. The van der Waals surface area contributed by atoms with Crippen LogP contribution in [-0.4, -0.2) is 32.4 Å². The van der Waals surface area contributed by atoms with Crippen molar-refractivity contribution < 1.29 is 19.0 Å². The van der Waals surface area contributed by atoms with Gasteiger partial charge < -0.3 is 14.2 Å². The maximum absolute atomic E-state index is 11.6. The first-order valence-electron chi connectivity index (χ1n) is 5.75. The third-order valence-corrected chi connectivity index (χ3v) is 2.07. The second-order valence-corrected chi connectivity index (χ2v) is 3.29. The number of carbonyl (C=O) groups is 1. The molecule has 0 atom stereocenters. The van der Waals surface area contributed by atoms with E-state index in [1.54, 1.807) is 24.3 Å². The van der Waals surface area contributed by atoms with E-state index in [0.29, 0.717) is 25.4 Å². The number of hydrogen-bond donors (Lipinski definition) is 0. The molecule has 0 bridgehead atoms. The van der Waals surface area contributed by atoms with Crippen LogP contribution in [0.1, 0.15) is 24.2 Å². The van der Waals surface area contributed by atoms with Gasteiger partial charge in [-0.3, -0.25) is 0 Å². The molecule has 17 heavy (non-hydrogen) atoms. The normalized spacial score (nSPS) is 10.0. The lowest BCUT2D eigenvalue weighted by molar-refractivity contribution is 0.0335. The van der Waals surface area contributed by atoms with Gasteiger partial charge in [0.05, 0.1) is 18.8 Å². The Labute approximate surface area is 101 Å². The van der Waals surface area contributed by atoms with E-state index in [9.17, 15) is 4.79 Å². The van der Waals surface area contributed by atoms with Crippen molar-refractivity contribution in [3.8, 4) is 5.75 Å². The number of carbonyl (C=O) groups excluding carboxylic acids is 1. The van der Waals surface area contributed by atoms with E-state index in [-0.39, 0.29) is 12.6 Å². The molecule has 0 aliphatic rings. The topological polar surface area (TPSA) is 44.8 Å². The number of rotatable bonds is 7. The summed E-state index contributed by atoms with van der Waals surface area (Å²) in [6, 6.07) is 6.88. The zero-order chi connectivity index (χ0) is 12.5. The van der Waals surface area contributed by atoms with Crippen LogP contribution >= 0.6 is 0 Å². The molecule has 0 fully saturated rings. The lowest BCUT2D eigenvalue weighted by Crippen LogP contribution is -2.10. The van der Waals surface area contributed by atoms with Crippen LogP contribution in [0.2, 0.25) is 0 Å². The molecule has 0 saturated heterocycles. The lowest BCUT2D eigenvalue weighted by Gasteiger charge is -2.06. The highest BCUT2D eigenvalue weighted by Gasteiger charge is 2.06. The first-order valence-corrected chi connectivity index (χ1v) is 5.75. The molecular weight excluding hydrogens is 220 g/mol. The van der Waals surface area contributed by atoms with Gasteiger partial charge in [-0.2, -0.15) is 0 Å². The Kier molecular flexibility index (Phi) is 6.10. The Hall–Kier alpha value is -1.55. The van der Waals surface area contributed by atoms with Crippen LogP contribution < -0.4 is 4.74 Å². The van der Waals surface area contributed by atoms with Crippen molar-refractivity contribution >= 4 is 5.97 Å². The van der Waals surface area contributed by atoms with Gasteiger partial charge in [-0.05, 0) is 38.1 Å². The van der Waals surface area contributed by atoms with Gasteiger partial charge >= 0.3 is 5.97 Å². The van der Waals surface area contributed by atoms with E-state index < -0.39 is 0 Å². The summed E-state index contributed by atoms with van der Waals surface area (Å²) in [6.07, 6.45) is 0. The minimum absolute atomic E-state index is 0.278. The summed E-state index contributed by atoms with van der Waals surface area (Å²) in [6.45, 7) is 5.75. The molecule has 0 spiro atoms. The second kappa shape index (κ2) is 7.68. The van der Waals surface area contributed by atoms with Crippen LogP contribution in [0.5, 0.6) is 5.75 Å². The summed E-state index contributed by atoms with van der Waals surface area (Å²) in [5, 5.41) is 0. The largest absolute Gasteiger partial charge is 0.494 e. The third-order valence-electron chi connectivity index (χ3n) is 2.07. The molecule has 0 N–H and O–H groups in total. The predicted octanol–water partition coefficient (Wildman–Crippen LogP) is 2.28. The van der Waals surface area contributed by atoms with Crippen LogP contribution in [0, 0.1) is 0 Å². The molecule has 1 aromatic rings. The standard InChI is InChI=1S/C13H18O4/c1-3-15-9-10-17-13(14)11-5-7-12(8-6-11)16-4-2/h5-8H,3-4,9-10H2,1-2H3. The van der Waals surface area contributed by atoms with E-state index in [1.807, 2.05) is 13.8 Å². The highest BCUT2D eigenvalue weighted by molar-refractivity contribution is 5.89. The Morgan fingerprint density at radius 2 is 1.76 bits per heavy atom. The van der Waals surface area contributed by atoms with Gasteiger partial charge in [0.2, 0.25) is 0 Å². The average molecular weight is 238 g/mol. The molecule has 0 aromatic heterocycles. The minimum atomic E-state index is -0.340. The van der Waals surface area contributed by atoms with Crippen LogP contribution in [0.15, 0.2) is 24.3 Å². The van der Waals surface area contributed by atoms with Crippen molar-refractivity contribution in [1.82, 2.24) is 0 Å². The molecule has 4 nitrogen and oxygen atoms in total. The van der Waals surface area contributed by atoms with Crippen molar-refractivity contribution in [1.29, 1.82) is 0 Å². The molecule has 1 rings (SSSR count). The molecule has 94 valence electrons. The predicted molar refractivity (Wildman–Crippen MR) is 64.4 cm³/mol. The molecule has 0 aliphatic heterocycles. The molecule has 0 radical (unpaired) electrons. The quantitative estimate of drug-likeness (QED) is 0.540. The number of ether oxygens (including phenoxy) is 3. The van der Waals surface area contributed by atoms with Gasteiger partial charge in [0.1, 0.15) is 12.4 Å². The van der Waals surface area contributed by atoms with Crippen molar-refractivity contribution in [2.24, 2.45) is 0 Å². The first-order chi connectivity index (χ1) is 8.27. The van der Waals surface area contributed by atoms with E-state index in [2.05, 4.69) is 0 Å². The smallest absolute Gasteiger partial charge is 0.338 e. The first kappa shape index (κ1) is 13.5. The summed E-state index contributed by atoms with van der Waals surface area (Å²) in [5.41, 5.74) is 0.518. The Balaban J connectivity index is 2.40. The highest BCUT2D eigenvalue weighted by Crippen LogP contribution is 2.12. The third kappa shape index (κ3) is 4.87. The fraction of sp³-hybridized carbons (Fsp3) is 0.462. The second-order valence-electron chi connectivity index (χ2n) is 3.29. The van der Waals surface area contributed by atoms with E-state index in [1.165, 1.54) is 0 Å². The van der Waals surface area contributed by atoms with Gasteiger partial charge in [0.25, 0.3) is 0 Å². The van der Waals surface area contributed by atoms with Crippen LogP contribution in [0.3, 0.4) is 0 Å². The van der Waals surface area contributed by atoms with Gasteiger partial charge in [0, 0.05) is 6.61 Å². The molecule has 0 unspecified atom stereocenters. The maximum atomic E-state index is 11.6. The summed E-state index contributed by atoms with van der Waals surface area (Å²) >= 11 is 0. The minimum Gasteiger partial charge on any atom is -0.494 e. The van der Waals surface area contributed by atoms with Crippen molar-refractivity contribution in [3.05, 3.63) is 29.8 Å². The molecule has 0 saturated carbocycles. The number of esters is 1. The summed E-state index contributed by atoms with van der Waals surface area (Å²) in [5.74, 6) is 0.408. The lowest BCUT2D eigenvalue weighted by atomic mass is 10.2. The van der Waals surface area contributed by atoms with Gasteiger partial charge in [-0.15, -0.1) is 0 Å². The molecule has 1 aromatic carbocycles. The Bertz CT molecular complexity index is 332. The van der Waals surface area contributed by atoms with E-state index >= 15 is 0 Å². The zero-order valence-corrected chi connectivity index (χ0v) is 10.3. The fourth-order valence-electron chi connectivity index (χ4n) is 1.27. The van der Waals surface area contributed by atoms with Gasteiger partial charge in [-0.1, -0.05) is 0 Å². The zero-order valence-electron chi connectivity index (χ0n) is 10.3. The Morgan fingerprint density at radius 3 is 2.35 bits per heavy atom. The van der Waals surface area contributed by atoms with Gasteiger partial charge in [0.15, 0.2) is 0 Å². The number of hydrogen-bond acceptors (Lipinski definition) is 4. The van der Waals surface area contributed by atoms with Crippen molar-refractivity contribution in [2.75, 3.05) is 26.4 Å². The van der Waals surface area contributed by atoms with Crippen molar-refractivity contribution in [2.45, 2.75) is 13.8 Å². The van der Waals surface area contributed by atoms with Crippen molar-refractivity contribution in [3.63, 3.8) is 0 Å². The maximum Gasteiger partial charge on any atom is 0.338 e. The molecule has 0 heterocycles. The molecule has 0 amide bonds. The summed E-state index contributed by atoms with van der Waals surface area (Å²) in [7, 11) is 0. The van der Waals surface area contributed by atoms with E-state index in [0.717, 1.165) is 5.75 Å². The van der Waals surface area contributed by atoms with Crippen LogP contribution in [0.25, 0.3) is 0 Å². The summed E-state index contributed by atoms with van der Waals surface area (Å²) < 4.78 is 15.4. The fourth-order valence-corrected chi connectivity index (χ4v) is 1.27. The number of benzene rings is 1. The van der Waals surface area contributed by atoms with Crippen LogP contribution in [0.4, 0.5) is 0 Å². The van der Waals surface area contributed by atoms with E-state index in [4.69, 9.17) is 14.2 Å². The molecule has 0 aliphatic carbocycles. The highest BCUT2D eigenvalue weighted by atomic mass is 16.6. The average Bonchev–Trinajstić information content (AvgIpc) is 2.36. The molecular formula is C13H18O4. The molecule has 4 heteroatoms. The Morgan fingerprint density at radius 1 is 1.06 bits per heavy atom. The van der Waals surface area contributed by atoms with Crippen LogP contribution in [-0.2, 0) is 9.47 Å². The monoisotopic (exact) mass is 238 g/mol.